The van der Waals surface area contributed by atoms with E-state index in [0.717, 1.165) is 27.7 Å². The monoisotopic (exact) mass is 276 g/mol. The summed E-state index contributed by atoms with van der Waals surface area (Å²) in [4.78, 5) is 16.8. The molecule has 0 saturated carbocycles. The lowest BCUT2D eigenvalue weighted by atomic mass is 10.1. The van der Waals surface area contributed by atoms with Crippen LogP contribution in [0.3, 0.4) is 0 Å². The zero-order valence-electron chi connectivity index (χ0n) is 12.1. The molecule has 1 aromatic heterocycles. The average Bonchev–Trinajstić information content (AvgIpc) is 2.45. The number of carbonyl (C=O) groups is 1. The molecule has 0 aliphatic rings. The van der Waals surface area contributed by atoms with Gasteiger partial charge in [0.2, 0.25) is 0 Å². The van der Waals surface area contributed by atoms with Gasteiger partial charge in [0.1, 0.15) is 0 Å². The molecular formula is C18H16N2O. The molecule has 0 fully saturated rings. The van der Waals surface area contributed by atoms with Crippen LogP contribution in [-0.2, 0) is 0 Å². The van der Waals surface area contributed by atoms with E-state index >= 15 is 0 Å². The molecule has 21 heavy (non-hydrogen) atoms. The number of rotatable bonds is 2. The molecule has 3 aromatic rings. The van der Waals surface area contributed by atoms with Crippen LogP contribution in [0.25, 0.3) is 10.9 Å². The maximum absolute atomic E-state index is 12.5. The number of fused-ring (bicyclic) bond motifs is 1. The van der Waals surface area contributed by atoms with Crippen LogP contribution in [0.1, 0.15) is 21.5 Å². The van der Waals surface area contributed by atoms with E-state index < -0.39 is 0 Å². The van der Waals surface area contributed by atoms with Crippen LogP contribution in [-0.4, -0.2) is 10.9 Å². The van der Waals surface area contributed by atoms with Crippen molar-refractivity contribution in [3.63, 3.8) is 0 Å². The largest absolute Gasteiger partial charge is 0.322 e. The highest BCUT2D eigenvalue weighted by molar-refractivity contribution is 6.11. The molecular weight excluding hydrogens is 260 g/mol. The lowest BCUT2D eigenvalue weighted by molar-refractivity contribution is 0.102. The van der Waals surface area contributed by atoms with Crippen molar-refractivity contribution >= 4 is 22.5 Å². The SMILES string of the molecule is Cc1cc(C)cc(NC(=O)c2cccc3cccnc23)c1. The summed E-state index contributed by atoms with van der Waals surface area (Å²) in [7, 11) is 0. The van der Waals surface area contributed by atoms with Crippen molar-refractivity contribution in [1.82, 2.24) is 4.98 Å². The number of nitrogens with one attached hydrogen (secondary N) is 1. The van der Waals surface area contributed by atoms with Crippen molar-refractivity contribution < 1.29 is 4.79 Å². The maximum atomic E-state index is 12.5. The first kappa shape index (κ1) is 13.3. The molecule has 0 atom stereocenters. The molecule has 0 unspecified atom stereocenters. The number of benzene rings is 2. The highest BCUT2D eigenvalue weighted by atomic mass is 16.1. The molecule has 0 saturated heterocycles. The molecule has 0 bridgehead atoms. The van der Waals surface area contributed by atoms with Gasteiger partial charge in [-0.25, -0.2) is 0 Å². The van der Waals surface area contributed by atoms with E-state index in [1.807, 2.05) is 50.2 Å². The van der Waals surface area contributed by atoms with E-state index in [9.17, 15) is 4.79 Å². The quantitative estimate of drug-likeness (QED) is 0.765. The zero-order valence-corrected chi connectivity index (χ0v) is 12.1. The van der Waals surface area contributed by atoms with Crippen molar-refractivity contribution in [3.8, 4) is 0 Å². The molecule has 1 heterocycles. The van der Waals surface area contributed by atoms with Crippen molar-refractivity contribution in [2.24, 2.45) is 0 Å². The Morgan fingerprint density at radius 3 is 2.48 bits per heavy atom. The van der Waals surface area contributed by atoms with Crippen LogP contribution < -0.4 is 5.32 Å². The number of hydrogen-bond donors (Lipinski definition) is 1. The molecule has 0 aliphatic carbocycles. The van der Waals surface area contributed by atoms with Crippen LogP contribution in [0, 0.1) is 13.8 Å². The van der Waals surface area contributed by atoms with Crippen molar-refractivity contribution in [3.05, 3.63) is 71.4 Å². The van der Waals surface area contributed by atoms with Crippen LogP contribution in [0.15, 0.2) is 54.7 Å². The van der Waals surface area contributed by atoms with E-state index in [0.29, 0.717) is 5.56 Å². The average molecular weight is 276 g/mol. The van der Waals surface area contributed by atoms with Crippen LogP contribution in [0.5, 0.6) is 0 Å². The van der Waals surface area contributed by atoms with E-state index in [1.165, 1.54) is 0 Å². The Kier molecular flexibility index (Phi) is 3.40. The fraction of sp³-hybridized carbons (Fsp3) is 0.111. The first-order valence-corrected chi connectivity index (χ1v) is 6.87. The minimum Gasteiger partial charge on any atom is -0.322 e. The minimum atomic E-state index is -0.135. The molecule has 3 nitrogen and oxygen atoms in total. The lowest BCUT2D eigenvalue weighted by Crippen LogP contribution is -2.13. The van der Waals surface area contributed by atoms with Crippen LogP contribution in [0.4, 0.5) is 5.69 Å². The molecule has 104 valence electrons. The number of para-hydroxylation sites is 1. The smallest absolute Gasteiger partial charge is 0.257 e. The molecule has 1 amide bonds. The standard InChI is InChI=1S/C18H16N2O/c1-12-9-13(2)11-15(10-12)20-18(21)16-7-3-5-14-6-4-8-19-17(14)16/h3-11H,1-2H3,(H,20,21). The predicted octanol–water partition coefficient (Wildman–Crippen LogP) is 4.10. The van der Waals surface area contributed by atoms with Gasteiger partial charge in [0, 0.05) is 17.3 Å². The Bertz CT molecular complexity index is 799. The molecule has 0 spiro atoms. The first-order chi connectivity index (χ1) is 10.1. The van der Waals surface area contributed by atoms with E-state index in [4.69, 9.17) is 0 Å². The second-order valence-electron chi connectivity index (χ2n) is 5.21. The predicted molar refractivity (Wildman–Crippen MR) is 85.6 cm³/mol. The molecule has 3 rings (SSSR count). The topological polar surface area (TPSA) is 42.0 Å². The molecule has 0 aliphatic heterocycles. The fourth-order valence-electron chi connectivity index (χ4n) is 2.53. The van der Waals surface area contributed by atoms with E-state index in [-0.39, 0.29) is 5.91 Å². The fourth-order valence-corrected chi connectivity index (χ4v) is 2.53. The van der Waals surface area contributed by atoms with Gasteiger partial charge in [0.15, 0.2) is 0 Å². The summed E-state index contributed by atoms with van der Waals surface area (Å²) >= 11 is 0. The number of anilines is 1. The molecule has 0 radical (unpaired) electrons. The first-order valence-electron chi connectivity index (χ1n) is 6.87. The van der Waals surface area contributed by atoms with E-state index in [1.54, 1.807) is 12.3 Å². The summed E-state index contributed by atoms with van der Waals surface area (Å²) in [5.41, 5.74) is 4.38. The van der Waals surface area contributed by atoms with Gasteiger partial charge in [-0.2, -0.15) is 0 Å². The summed E-state index contributed by atoms with van der Waals surface area (Å²) in [5, 5.41) is 3.92. The van der Waals surface area contributed by atoms with E-state index in [2.05, 4.69) is 16.4 Å². The van der Waals surface area contributed by atoms with Crippen molar-refractivity contribution in [2.45, 2.75) is 13.8 Å². The third-order valence-electron chi connectivity index (χ3n) is 3.36. The van der Waals surface area contributed by atoms with Gasteiger partial charge in [-0.1, -0.05) is 24.3 Å². The van der Waals surface area contributed by atoms with Gasteiger partial charge < -0.3 is 5.32 Å². The number of aryl methyl sites for hydroxylation is 2. The number of aromatic nitrogens is 1. The zero-order chi connectivity index (χ0) is 14.8. The number of amides is 1. The number of hydrogen-bond acceptors (Lipinski definition) is 2. The Balaban J connectivity index is 1.97. The van der Waals surface area contributed by atoms with Crippen LogP contribution >= 0.6 is 0 Å². The van der Waals surface area contributed by atoms with Gasteiger partial charge in [0.05, 0.1) is 11.1 Å². The van der Waals surface area contributed by atoms with Gasteiger partial charge in [-0.3, -0.25) is 9.78 Å². The summed E-state index contributed by atoms with van der Waals surface area (Å²) in [6.07, 6.45) is 1.70. The van der Waals surface area contributed by atoms with Gasteiger partial charge in [0.25, 0.3) is 5.91 Å². The van der Waals surface area contributed by atoms with Gasteiger partial charge in [-0.05, 0) is 49.2 Å². The Morgan fingerprint density at radius 1 is 1.00 bits per heavy atom. The summed E-state index contributed by atoms with van der Waals surface area (Å²) in [6, 6.07) is 15.5. The Labute approximate surface area is 123 Å². The van der Waals surface area contributed by atoms with Crippen molar-refractivity contribution in [1.29, 1.82) is 0 Å². The number of pyridine rings is 1. The normalized spacial score (nSPS) is 10.6. The van der Waals surface area contributed by atoms with Crippen LogP contribution in [0.2, 0.25) is 0 Å². The second-order valence-corrected chi connectivity index (χ2v) is 5.21. The summed E-state index contributed by atoms with van der Waals surface area (Å²) < 4.78 is 0. The van der Waals surface area contributed by atoms with Gasteiger partial charge >= 0.3 is 0 Å². The molecule has 3 heteroatoms. The summed E-state index contributed by atoms with van der Waals surface area (Å²) in [5.74, 6) is -0.135. The number of carbonyl (C=O) groups excluding carboxylic acids is 1. The Hall–Kier alpha value is -2.68. The highest BCUT2D eigenvalue weighted by Crippen LogP contribution is 2.19. The summed E-state index contributed by atoms with van der Waals surface area (Å²) in [6.45, 7) is 4.03. The highest BCUT2D eigenvalue weighted by Gasteiger charge is 2.11. The third kappa shape index (κ3) is 2.77. The van der Waals surface area contributed by atoms with Gasteiger partial charge in [-0.15, -0.1) is 0 Å². The third-order valence-corrected chi connectivity index (χ3v) is 3.36. The number of nitrogens with zero attached hydrogens (tertiary/aromatic N) is 1. The Morgan fingerprint density at radius 2 is 1.71 bits per heavy atom. The molecule has 1 N–H and O–H groups in total. The molecule has 2 aromatic carbocycles. The second kappa shape index (κ2) is 5.37. The maximum Gasteiger partial charge on any atom is 0.257 e. The minimum absolute atomic E-state index is 0.135. The van der Waals surface area contributed by atoms with Crippen molar-refractivity contribution in [2.75, 3.05) is 5.32 Å². The lowest BCUT2D eigenvalue weighted by Gasteiger charge is -2.09.